The van der Waals surface area contributed by atoms with Gasteiger partial charge in [-0.15, -0.1) is 0 Å². The lowest BCUT2D eigenvalue weighted by atomic mass is 10.2. The second-order valence-electron chi connectivity index (χ2n) is 5.16. The van der Waals surface area contributed by atoms with Crippen LogP contribution in [0.5, 0.6) is 0 Å². The van der Waals surface area contributed by atoms with Gasteiger partial charge in [-0.05, 0) is 30.2 Å². The third kappa shape index (κ3) is 3.09. The molecular formula is C14H12FNO3S3. The Morgan fingerprint density at radius 2 is 2.00 bits per heavy atom. The SMILES string of the molecule is O=C1/C(=C\c2ccc(F)cc2)SC(=S)N1[C@@H]1CCS(=O)(=O)C1. The number of amides is 1. The van der Waals surface area contributed by atoms with E-state index in [9.17, 15) is 17.6 Å². The predicted octanol–water partition coefficient (Wildman–Crippen LogP) is 2.21. The molecule has 2 aliphatic rings. The summed E-state index contributed by atoms with van der Waals surface area (Å²) < 4.78 is 36.4. The summed E-state index contributed by atoms with van der Waals surface area (Å²) in [7, 11) is -3.08. The van der Waals surface area contributed by atoms with Gasteiger partial charge in [0.05, 0.1) is 22.5 Å². The molecule has 1 aromatic carbocycles. The van der Waals surface area contributed by atoms with E-state index in [-0.39, 0.29) is 29.3 Å². The van der Waals surface area contributed by atoms with Crippen LogP contribution < -0.4 is 0 Å². The molecular weight excluding hydrogens is 345 g/mol. The Morgan fingerprint density at radius 1 is 1.32 bits per heavy atom. The lowest BCUT2D eigenvalue weighted by Crippen LogP contribution is -2.39. The average Bonchev–Trinajstić information content (AvgIpc) is 2.93. The first kappa shape index (κ1) is 15.6. The van der Waals surface area contributed by atoms with Crippen molar-refractivity contribution in [2.75, 3.05) is 11.5 Å². The zero-order valence-electron chi connectivity index (χ0n) is 11.4. The Balaban J connectivity index is 1.84. The van der Waals surface area contributed by atoms with Crippen molar-refractivity contribution in [2.24, 2.45) is 0 Å². The summed E-state index contributed by atoms with van der Waals surface area (Å²) in [5.74, 6) is -0.572. The minimum Gasteiger partial charge on any atom is -0.289 e. The fourth-order valence-electron chi connectivity index (χ4n) is 2.48. The van der Waals surface area contributed by atoms with E-state index in [2.05, 4.69) is 0 Å². The van der Waals surface area contributed by atoms with Crippen molar-refractivity contribution >= 4 is 50.1 Å². The minimum atomic E-state index is -3.08. The molecule has 3 rings (SSSR count). The minimum absolute atomic E-state index is 0.0384. The Labute approximate surface area is 137 Å². The molecule has 1 atom stereocenters. The molecule has 0 unspecified atom stereocenters. The van der Waals surface area contributed by atoms with Crippen LogP contribution in [-0.4, -0.2) is 41.1 Å². The van der Waals surface area contributed by atoms with Gasteiger partial charge in [-0.1, -0.05) is 36.1 Å². The van der Waals surface area contributed by atoms with Crippen LogP contribution in [0.25, 0.3) is 6.08 Å². The van der Waals surface area contributed by atoms with E-state index in [1.165, 1.54) is 17.0 Å². The van der Waals surface area contributed by atoms with Gasteiger partial charge in [0.15, 0.2) is 9.84 Å². The number of thiocarbonyl (C=S) groups is 1. The smallest absolute Gasteiger partial charge is 0.266 e. The van der Waals surface area contributed by atoms with Crippen LogP contribution in [0.3, 0.4) is 0 Å². The first-order valence-corrected chi connectivity index (χ1v) is 9.63. The third-order valence-electron chi connectivity index (χ3n) is 3.56. The van der Waals surface area contributed by atoms with Crippen molar-refractivity contribution in [1.29, 1.82) is 0 Å². The number of hydrogen-bond acceptors (Lipinski definition) is 5. The third-order valence-corrected chi connectivity index (χ3v) is 6.65. The Morgan fingerprint density at radius 3 is 2.59 bits per heavy atom. The van der Waals surface area contributed by atoms with Crippen LogP contribution in [0.1, 0.15) is 12.0 Å². The van der Waals surface area contributed by atoms with E-state index in [1.807, 2.05) is 0 Å². The van der Waals surface area contributed by atoms with E-state index in [4.69, 9.17) is 12.2 Å². The fraction of sp³-hybridized carbons (Fsp3) is 0.286. The van der Waals surface area contributed by atoms with Gasteiger partial charge in [0.1, 0.15) is 10.1 Å². The standard InChI is InChI=1S/C14H12FNO3S3/c15-10-3-1-9(2-4-10)7-12-13(17)16(14(20)21-12)11-5-6-22(18,19)8-11/h1-4,7,11H,5-6,8H2/b12-7+/t11-/m1/s1. The summed E-state index contributed by atoms with van der Waals surface area (Å²) in [5.41, 5.74) is 0.695. The maximum Gasteiger partial charge on any atom is 0.266 e. The molecule has 2 heterocycles. The van der Waals surface area contributed by atoms with Gasteiger partial charge in [-0.3, -0.25) is 9.69 Å². The predicted molar refractivity (Wildman–Crippen MR) is 88.5 cm³/mol. The number of benzene rings is 1. The molecule has 8 heteroatoms. The maximum absolute atomic E-state index is 12.9. The molecule has 0 bridgehead atoms. The molecule has 116 valence electrons. The first-order valence-electron chi connectivity index (χ1n) is 6.59. The molecule has 0 saturated carbocycles. The number of carbonyl (C=O) groups excluding carboxylic acids is 1. The quantitative estimate of drug-likeness (QED) is 0.600. The van der Waals surface area contributed by atoms with Crippen LogP contribution in [0.2, 0.25) is 0 Å². The van der Waals surface area contributed by atoms with Crippen molar-refractivity contribution in [2.45, 2.75) is 12.5 Å². The first-order chi connectivity index (χ1) is 10.4. The number of nitrogens with zero attached hydrogens (tertiary/aromatic N) is 1. The van der Waals surface area contributed by atoms with Crippen LogP contribution in [0.4, 0.5) is 4.39 Å². The molecule has 1 amide bonds. The van der Waals surface area contributed by atoms with Gasteiger partial charge < -0.3 is 0 Å². The largest absolute Gasteiger partial charge is 0.289 e. The van der Waals surface area contributed by atoms with E-state index in [0.717, 1.165) is 11.8 Å². The summed E-state index contributed by atoms with van der Waals surface area (Å²) >= 11 is 6.36. The van der Waals surface area contributed by atoms with E-state index < -0.39 is 9.84 Å². The fourth-order valence-corrected chi connectivity index (χ4v) is 5.58. The Bertz CT molecular complexity index is 771. The highest BCUT2D eigenvalue weighted by Crippen LogP contribution is 2.36. The lowest BCUT2D eigenvalue weighted by Gasteiger charge is -2.20. The van der Waals surface area contributed by atoms with Crippen molar-refractivity contribution in [3.05, 3.63) is 40.6 Å². The van der Waals surface area contributed by atoms with Gasteiger partial charge in [-0.25, -0.2) is 12.8 Å². The molecule has 0 N–H and O–H groups in total. The van der Waals surface area contributed by atoms with Crippen molar-refractivity contribution in [3.8, 4) is 0 Å². The van der Waals surface area contributed by atoms with Crippen LogP contribution in [-0.2, 0) is 14.6 Å². The Kier molecular flexibility index (Phi) is 4.09. The highest BCUT2D eigenvalue weighted by molar-refractivity contribution is 8.26. The average molecular weight is 357 g/mol. The van der Waals surface area contributed by atoms with Crippen LogP contribution >= 0.6 is 24.0 Å². The van der Waals surface area contributed by atoms with Crippen LogP contribution in [0.15, 0.2) is 29.2 Å². The molecule has 2 saturated heterocycles. The number of rotatable bonds is 2. The highest BCUT2D eigenvalue weighted by atomic mass is 32.2. The maximum atomic E-state index is 12.9. The number of sulfone groups is 1. The number of halogens is 1. The molecule has 2 fully saturated rings. The lowest BCUT2D eigenvalue weighted by molar-refractivity contribution is -0.123. The summed E-state index contributed by atoms with van der Waals surface area (Å²) in [6.45, 7) is 0. The summed E-state index contributed by atoms with van der Waals surface area (Å²) in [6.07, 6.45) is 2.06. The summed E-state index contributed by atoms with van der Waals surface area (Å²) in [6, 6.07) is 5.40. The summed E-state index contributed by atoms with van der Waals surface area (Å²) in [4.78, 5) is 14.3. The molecule has 1 aromatic rings. The molecule has 2 aliphatic heterocycles. The molecule has 0 aliphatic carbocycles. The van der Waals surface area contributed by atoms with E-state index >= 15 is 0 Å². The second kappa shape index (κ2) is 5.75. The molecule has 22 heavy (non-hydrogen) atoms. The van der Waals surface area contributed by atoms with Gasteiger partial charge in [0.2, 0.25) is 0 Å². The zero-order chi connectivity index (χ0) is 15.9. The van der Waals surface area contributed by atoms with E-state index in [0.29, 0.717) is 21.2 Å². The molecule has 0 radical (unpaired) electrons. The van der Waals surface area contributed by atoms with Crippen molar-refractivity contribution < 1.29 is 17.6 Å². The van der Waals surface area contributed by atoms with E-state index in [1.54, 1.807) is 18.2 Å². The molecule has 0 spiro atoms. The van der Waals surface area contributed by atoms with Gasteiger partial charge in [-0.2, -0.15) is 0 Å². The van der Waals surface area contributed by atoms with Crippen molar-refractivity contribution in [1.82, 2.24) is 4.90 Å². The van der Waals surface area contributed by atoms with Gasteiger partial charge >= 0.3 is 0 Å². The normalized spacial score (nSPS) is 26.1. The topological polar surface area (TPSA) is 54.5 Å². The molecule has 0 aromatic heterocycles. The zero-order valence-corrected chi connectivity index (χ0v) is 13.8. The molecule has 4 nitrogen and oxygen atoms in total. The Hall–Kier alpha value is -1.25. The highest BCUT2D eigenvalue weighted by Gasteiger charge is 2.41. The monoisotopic (exact) mass is 357 g/mol. The van der Waals surface area contributed by atoms with Crippen LogP contribution in [0, 0.1) is 5.82 Å². The van der Waals surface area contributed by atoms with Gasteiger partial charge in [0.25, 0.3) is 5.91 Å². The van der Waals surface area contributed by atoms with Crippen molar-refractivity contribution in [3.63, 3.8) is 0 Å². The number of hydrogen-bond donors (Lipinski definition) is 0. The number of carbonyl (C=O) groups is 1. The summed E-state index contributed by atoms with van der Waals surface area (Å²) in [5, 5.41) is 0. The van der Waals surface area contributed by atoms with Gasteiger partial charge in [0, 0.05) is 0 Å². The number of thioether (sulfide) groups is 1. The second-order valence-corrected chi connectivity index (χ2v) is 9.06.